The first-order valence-electron chi connectivity index (χ1n) is 7.69. The third-order valence-electron chi connectivity index (χ3n) is 4.31. The Hall–Kier alpha value is -1.12. The van der Waals surface area contributed by atoms with Crippen LogP contribution >= 0.6 is 11.3 Å². The molecule has 1 aromatic carbocycles. The zero-order chi connectivity index (χ0) is 13.9. The van der Waals surface area contributed by atoms with Gasteiger partial charge in [-0.2, -0.15) is 0 Å². The highest BCUT2D eigenvalue weighted by Gasteiger charge is 2.17. The van der Waals surface area contributed by atoms with E-state index >= 15 is 0 Å². The average Bonchev–Trinajstić information content (AvgIpc) is 2.97. The summed E-state index contributed by atoms with van der Waals surface area (Å²) in [6, 6.07) is 12.0. The molecule has 0 fully saturated rings. The number of nitrogens with one attached hydrogen (secondary N) is 1. The summed E-state index contributed by atoms with van der Waals surface area (Å²) >= 11 is 1.94. The van der Waals surface area contributed by atoms with E-state index < -0.39 is 0 Å². The summed E-state index contributed by atoms with van der Waals surface area (Å²) in [6.45, 7) is 2.23. The molecule has 0 aliphatic heterocycles. The largest absolute Gasteiger partial charge is 0.309 e. The van der Waals surface area contributed by atoms with Crippen molar-refractivity contribution in [2.24, 2.45) is 0 Å². The first kappa shape index (κ1) is 13.8. The SMILES string of the molecule is CCc1ccc(C(NC)c2ccc3c(c2)CCCC3)s1. The van der Waals surface area contributed by atoms with E-state index in [-0.39, 0.29) is 0 Å². The number of fused-ring (bicyclic) bond motifs is 1. The average molecular weight is 285 g/mol. The summed E-state index contributed by atoms with van der Waals surface area (Å²) in [6.07, 6.45) is 6.35. The van der Waals surface area contributed by atoms with Gasteiger partial charge >= 0.3 is 0 Å². The van der Waals surface area contributed by atoms with Crippen molar-refractivity contribution in [3.8, 4) is 0 Å². The van der Waals surface area contributed by atoms with Crippen LogP contribution in [0.1, 0.15) is 52.3 Å². The summed E-state index contributed by atoms with van der Waals surface area (Å²) in [7, 11) is 2.06. The Morgan fingerprint density at radius 2 is 1.90 bits per heavy atom. The van der Waals surface area contributed by atoms with Crippen LogP contribution in [0.3, 0.4) is 0 Å². The van der Waals surface area contributed by atoms with Gasteiger partial charge in [0.05, 0.1) is 6.04 Å². The quantitative estimate of drug-likeness (QED) is 0.872. The van der Waals surface area contributed by atoms with Crippen LogP contribution in [-0.4, -0.2) is 7.05 Å². The lowest BCUT2D eigenvalue weighted by Crippen LogP contribution is -2.17. The first-order chi connectivity index (χ1) is 9.81. The van der Waals surface area contributed by atoms with Crippen LogP contribution in [0.4, 0.5) is 0 Å². The third-order valence-corrected chi connectivity index (χ3v) is 5.60. The maximum atomic E-state index is 3.49. The Morgan fingerprint density at radius 1 is 1.10 bits per heavy atom. The molecule has 3 rings (SSSR count). The molecule has 1 heterocycles. The summed E-state index contributed by atoms with van der Waals surface area (Å²) in [5.74, 6) is 0. The van der Waals surface area contributed by atoms with Crippen LogP contribution in [-0.2, 0) is 19.3 Å². The van der Waals surface area contributed by atoms with Gasteiger partial charge in [0.1, 0.15) is 0 Å². The van der Waals surface area contributed by atoms with Crippen LogP contribution in [0.2, 0.25) is 0 Å². The fraction of sp³-hybridized carbons (Fsp3) is 0.444. The first-order valence-corrected chi connectivity index (χ1v) is 8.51. The third kappa shape index (κ3) is 2.68. The number of hydrogen-bond donors (Lipinski definition) is 1. The van der Waals surface area contributed by atoms with Gasteiger partial charge in [-0.1, -0.05) is 25.1 Å². The molecule has 0 radical (unpaired) electrons. The molecule has 0 saturated carbocycles. The number of rotatable bonds is 4. The Balaban J connectivity index is 1.92. The monoisotopic (exact) mass is 285 g/mol. The Labute approximate surface area is 126 Å². The van der Waals surface area contributed by atoms with E-state index in [0.29, 0.717) is 6.04 Å². The van der Waals surface area contributed by atoms with E-state index in [1.807, 2.05) is 11.3 Å². The van der Waals surface area contributed by atoms with Crippen LogP contribution in [0.5, 0.6) is 0 Å². The van der Waals surface area contributed by atoms with Gasteiger partial charge in [-0.15, -0.1) is 11.3 Å². The number of aryl methyl sites for hydroxylation is 3. The summed E-state index contributed by atoms with van der Waals surface area (Å²) in [4.78, 5) is 2.90. The van der Waals surface area contributed by atoms with Gasteiger partial charge in [0.25, 0.3) is 0 Å². The number of benzene rings is 1. The standard InChI is InChI=1S/C18H23NS/c1-3-16-10-11-17(20-16)18(19-2)15-9-8-13-6-4-5-7-14(13)12-15/h8-12,18-19H,3-7H2,1-2H3. The summed E-state index contributed by atoms with van der Waals surface area (Å²) in [5.41, 5.74) is 4.55. The highest BCUT2D eigenvalue weighted by Crippen LogP contribution is 2.31. The summed E-state index contributed by atoms with van der Waals surface area (Å²) < 4.78 is 0. The van der Waals surface area contributed by atoms with Gasteiger partial charge in [-0.25, -0.2) is 0 Å². The molecule has 1 N–H and O–H groups in total. The number of hydrogen-bond acceptors (Lipinski definition) is 2. The fourth-order valence-corrected chi connectivity index (χ4v) is 4.24. The van der Waals surface area contributed by atoms with E-state index in [1.54, 1.807) is 11.1 Å². The second-order valence-corrected chi connectivity index (χ2v) is 6.81. The zero-order valence-corrected chi connectivity index (χ0v) is 13.2. The molecular weight excluding hydrogens is 262 g/mol. The summed E-state index contributed by atoms with van der Waals surface area (Å²) in [5, 5.41) is 3.49. The van der Waals surface area contributed by atoms with Gasteiger partial charge < -0.3 is 5.32 Å². The van der Waals surface area contributed by atoms with Crippen LogP contribution in [0, 0.1) is 0 Å². The van der Waals surface area contributed by atoms with E-state index in [9.17, 15) is 0 Å². The van der Waals surface area contributed by atoms with Gasteiger partial charge in [0.15, 0.2) is 0 Å². The molecule has 2 heteroatoms. The van der Waals surface area contributed by atoms with Crippen molar-refractivity contribution in [3.63, 3.8) is 0 Å². The van der Waals surface area contributed by atoms with Gasteiger partial charge in [-0.3, -0.25) is 0 Å². The molecule has 1 aromatic heterocycles. The van der Waals surface area contributed by atoms with Gasteiger partial charge in [-0.05, 0) is 68.0 Å². The molecule has 1 aliphatic rings. The lowest BCUT2D eigenvalue weighted by molar-refractivity contribution is 0.672. The van der Waals surface area contributed by atoms with E-state index in [0.717, 1.165) is 6.42 Å². The maximum absolute atomic E-state index is 3.49. The van der Waals surface area contributed by atoms with Crippen LogP contribution in [0.15, 0.2) is 30.3 Å². The van der Waals surface area contributed by atoms with Crippen molar-refractivity contribution in [1.82, 2.24) is 5.32 Å². The Kier molecular flexibility index (Phi) is 4.23. The van der Waals surface area contributed by atoms with Gasteiger partial charge in [0, 0.05) is 9.75 Å². The van der Waals surface area contributed by atoms with Crippen molar-refractivity contribution in [2.75, 3.05) is 7.05 Å². The minimum Gasteiger partial charge on any atom is -0.309 e. The minimum absolute atomic E-state index is 0.340. The molecule has 1 aliphatic carbocycles. The molecule has 2 aromatic rings. The van der Waals surface area contributed by atoms with Crippen LogP contribution in [0.25, 0.3) is 0 Å². The highest BCUT2D eigenvalue weighted by molar-refractivity contribution is 7.12. The van der Waals surface area contributed by atoms with Crippen LogP contribution < -0.4 is 5.32 Å². The predicted octanol–water partition coefficient (Wildman–Crippen LogP) is 4.50. The fourth-order valence-electron chi connectivity index (χ4n) is 3.15. The molecule has 106 valence electrons. The molecular formula is C18H23NS. The van der Waals surface area contributed by atoms with Crippen molar-refractivity contribution < 1.29 is 0 Å². The molecule has 0 amide bonds. The van der Waals surface area contributed by atoms with E-state index in [4.69, 9.17) is 0 Å². The maximum Gasteiger partial charge on any atom is 0.0668 e. The lowest BCUT2D eigenvalue weighted by atomic mass is 9.89. The van der Waals surface area contributed by atoms with Crippen molar-refractivity contribution in [3.05, 3.63) is 56.8 Å². The molecule has 1 atom stereocenters. The van der Waals surface area contributed by atoms with E-state index in [1.165, 1.54) is 41.0 Å². The Morgan fingerprint density at radius 3 is 2.60 bits per heavy atom. The smallest absolute Gasteiger partial charge is 0.0668 e. The van der Waals surface area contributed by atoms with Crippen molar-refractivity contribution in [1.29, 1.82) is 0 Å². The predicted molar refractivity (Wildman–Crippen MR) is 87.7 cm³/mol. The molecule has 0 spiro atoms. The lowest BCUT2D eigenvalue weighted by Gasteiger charge is -2.20. The number of thiophene rings is 1. The normalized spacial score (nSPS) is 15.9. The molecule has 0 saturated heterocycles. The highest BCUT2D eigenvalue weighted by atomic mass is 32.1. The van der Waals surface area contributed by atoms with Crippen molar-refractivity contribution >= 4 is 11.3 Å². The molecule has 0 bridgehead atoms. The second-order valence-electron chi connectivity index (χ2n) is 5.61. The minimum atomic E-state index is 0.340. The molecule has 20 heavy (non-hydrogen) atoms. The molecule has 1 unspecified atom stereocenters. The van der Waals surface area contributed by atoms with Crippen molar-refractivity contribution in [2.45, 2.75) is 45.1 Å². The Bertz CT molecular complexity index is 585. The van der Waals surface area contributed by atoms with E-state index in [2.05, 4.69) is 49.6 Å². The zero-order valence-electron chi connectivity index (χ0n) is 12.4. The van der Waals surface area contributed by atoms with Gasteiger partial charge in [0.2, 0.25) is 0 Å². The second kappa shape index (κ2) is 6.11. The topological polar surface area (TPSA) is 12.0 Å². The molecule has 1 nitrogen and oxygen atoms in total.